The number of hydrogen-bond acceptors (Lipinski definition) is 1. The van der Waals surface area contributed by atoms with E-state index in [9.17, 15) is 5.11 Å². The van der Waals surface area contributed by atoms with Gasteiger partial charge in [-0.2, -0.15) is 0 Å². The molecule has 0 fully saturated rings. The average molecular weight is 339 g/mol. The first-order valence-corrected chi connectivity index (χ1v) is 7.63. The fourth-order valence-corrected chi connectivity index (χ4v) is 2.87. The molecule has 0 saturated carbocycles. The lowest BCUT2D eigenvalue weighted by Gasteiger charge is -2.14. The Labute approximate surface area is 133 Å². The minimum atomic E-state index is -0.620. The number of rotatable bonds is 3. The van der Waals surface area contributed by atoms with Crippen LogP contribution in [0.15, 0.2) is 83.3 Å². The van der Waals surface area contributed by atoms with Crippen LogP contribution in [0.2, 0.25) is 0 Å². The van der Waals surface area contributed by atoms with Gasteiger partial charge in [-0.05, 0) is 28.3 Å². The molecule has 0 aliphatic carbocycles. The zero-order chi connectivity index (χ0) is 14.7. The molecular weight excluding hydrogens is 324 g/mol. The summed E-state index contributed by atoms with van der Waals surface area (Å²) >= 11 is 3.49. The Morgan fingerprint density at radius 3 is 1.90 bits per heavy atom. The molecule has 21 heavy (non-hydrogen) atoms. The lowest BCUT2D eigenvalue weighted by molar-refractivity contribution is 0.219. The van der Waals surface area contributed by atoms with Gasteiger partial charge in [-0.1, -0.05) is 88.7 Å². The van der Waals surface area contributed by atoms with Crippen LogP contribution in [-0.2, 0) is 0 Å². The summed E-state index contributed by atoms with van der Waals surface area (Å²) in [7, 11) is 0. The monoisotopic (exact) mass is 338 g/mol. The number of aliphatic hydroxyl groups is 1. The predicted molar refractivity (Wildman–Crippen MR) is 90.1 cm³/mol. The zero-order valence-corrected chi connectivity index (χ0v) is 13.0. The van der Waals surface area contributed by atoms with Gasteiger partial charge in [0, 0.05) is 4.47 Å². The Morgan fingerprint density at radius 2 is 1.24 bits per heavy atom. The fraction of sp³-hybridized carbons (Fsp3) is 0.0526. The molecule has 1 atom stereocenters. The Hall–Kier alpha value is -1.90. The Kier molecular flexibility index (Phi) is 4.18. The molecule has 0 aliphatic heterocycles. The number of aliphatic hydroxyl groups excluding tert-OH is 1. The highest BCUT2D eigenvalue weighted by Crippen LogP contribution is 2.29. The van der Waals surface area contributed by atoms with E-state index >= 15 is 0 Å². The van der Waals surface area contributed by atoms with Crippen molar-refractivity contribution < 1.29 is 5.11 Å². The van der Waals surface area contributed by atoms with Gasteiger partial charge in [0.05, 0.1) is 0 Å². The highest BCUT2D eigenvalue weighted by molar-refractivity contribution is 9.10. The number of benzene rings is 3. The molecule has 1 N–H and O–H groups in total. The summed E-state index contributed by atoms with van der Waals surface area (Å²) in [6.07, 6.45) is -0.620. The smallest absolute Gasteiger partial charge is 0.105 e. The molecule has 0 bridgehead atoms. The van der Waals surface area contributed by atoms with Crippen molar-refractivity contribution >= 4 is 15.9 Å². The van der Waals surface area contributed by atoms with Crippen molar-refractivity contribution in [1.82, 2.24) is 0 Å². The van der Waals surface area contributed by atoms with Crippen molar-refractivity contribution in [3.63, 3.8) is 0 Å². The van der Waals surface area contributed by atoms with Gasteiger partial charge in [0.15, 0.2) is 0 Å². The molecule has 0 radical (unpaired) electrons. The first-order valence-electron chi connectivity index (χ1n) is 6.83. The predicted octanol–water partition coefficient (Wildman–Crippen LogP) is 5.20. The van der Waals surface area contributed by atoms with Gasteiger partial charge >= 0.3 is 0 Å². The summed E-state index contributed by atoms with van der Waals surface area (Å²) in [6.45, 7) is 0. The van der Waals surface area contributed by atoms with E-state index in [-0.39, 0.29) is 0 Å². The molecule has 3 aromatic carbocycles. The third-order valence-corrected chi connectivity index (χ3v) is 4.26. The van der Waals surface area contributed by atoms with Crippen molar-refractivity contribution in [3.8, 4) is 11.1 Å². The van der Waals surface area contributed by atoms with Crippen molar-refractivity contribution in [2.45, 2.75) is 6.10 Å². The van der Waals surface area contributed by atoms with E-state index in [0.717, 1.165) is 21.2 Å². The quantitative estimate of drug-likeness (QED) is 0.696. The molecule has 2 heteroatoms. The van der Waals surface area contributed by atoms with E-state index < -0.39 is 6.10 Å². The molecule has 0 amide bonds. The molecule has 3 aromatic rings. The number of halogens is 1. The zero-order valence-electron chi connectivity index (χ0n) is 11.4. The molecule has 3 rings (SSSR count). The fourth-order valence-electron chi connectivity index (χ4n) is 2.36. The van der Waals surface area contributed by atoms with Crippen LogP contribution in [0.1, 0.15) is 17.2 Å². The van der Waals surface area contributed by atoms with Crippen LogP contribution in [-0.4, -0.2) is 5.11 Å². The Morgan fingerprint density at radius 1 is 0.667 bits per heavy atom. The van der Waals surface area contributed by atoms with Crippen LogP contribution < -0.4 is 0 Å². The first-order chi connectivity index (χ1) is 10.3. The largest absolute Gasteiger partial charge is 0.384 e. The summed E-state index contributed by atoms with van der Waals surface area (Å²) in [5.41, 5.74) is 4.10. The lowest BCUT2D eigenvalue weighted by atomic mass is 9.98. The molecule has 0 aromatic heterocycles. The molecule has 1 nitrogen and oxygen atoms in total. The van der Waals surface area contributed by atoms with Gasteiger partial charge in [0.1, 0.15) is 6.10 Å². The van der Waals surface area contributed by atoms with Crippen LogP contribution in [0.3, 0.4) is 0 Å². The minimum absolute atomic E-state index is 0.620. The highest BCUT2D eigenvalue weighted by atomic mass is 79.9. The summed E-state index contributed by atoms with van der Waals surface area (Å²) in [5.74, 6) is 0. The molecular formula is C19H15BrO. The SMILES string of the molecule is O[C@@H](c1ccc(-c2ccccc2)cc1)c1ccccc1Br. The lowest BCUT2D eigenvalue weighted by Crippen LogP contribution is -2.00. The van der Waals surface area contributed by atoms with Crippen molar-refractivity contribution in [1.29, 1.82) is 0 Å². The maximum atomic E-state index is 10.5. The molecule has 0 heterocycles. The average Bonchev–Trinajstić information content (AvgIpc) is 2.56. The third-order valence-electron chi connectivity index (χ3n) is 3.53. The molecule has 0 saturated heterocycles. The van der Waals surface area contributed by atoms with E-state index in [1.807, 2.05) is 66.7 Å². The van der Waals surface area contributed by atoms with Crippen molar-refractivity contribution in [2.24, 2.45) is 0 Å². The summed E-state index contributed by atoms with van der Waals surface area (Å²) in [4.78, 5) is 0. The van der Waals surface area contributed by atoms with Crippen molar-refractivity contribution in [3.05, 3.63) is 94.5 Å². The summed E-state index contributed by atoms with van der Waals surface area (Å²) in [5, 5.41) is 10.5. The highest BCUT2D eigenvalue weighted by Gasteiger charge is 2.13. The molecule has 104 valence electrons. The summed E-state index contributed by atoms with van der Waals surface area (Å²) < 4.78 is 0.921. The normalized spacial score (nSPS) is 12.1. The van der Waals surface area contributed by atoms with E-state index in [0.29, 0.717) is 0 Å². The maximum Gasteiger partial charge on any atom is 0.105 e. The van der Waals surface area contributed by atoms with Crippen LogP contribution >= 0.6 is 15.9 Å². The van der Waals surface area contributed by atoms with Gasteiger partial charge in [0.2, 0.25) is 0 Å². The number of hydrogen-bond donors (Lipinski definition) is 1. The van der Waals surface area contributed by atoms with Crippen LogP contribution in [0.5, 0.6) is 0 Å². The van der Waals surface area contributed by atoms with Crippen LogP contribution in [0.4, 0.5) is 0 Å². The molecule has 0 unspecified atom stereocenters. The van der Waals surface area contributed by atoms with Gasteiger partial charge in [-0.15, -0.1) is 0 Å². The summed E-state index contributed by atoms with van der Waals surface area (Å²) in [6, 6.07) is 26.0. The minimum Gasteiger partial charge on any atom is -0.384 e. The Bertz CT molecular complexity index is 720. The van der Waals surface area contributed by atoms with E-state index in [2.05, 4.69) is 28.1 Å². The second kappa shape index (κ2) is 6.25. The standard InChI is InChI=1S/C19H15BrO/c20-18-9-5-4-8-17(18)19(21)16-12-10-15(11-13-16)14-6-2-1-3-7-14/h1-13,19,21H/t19-/m0/s1. The van der Waals surface area contributed by atoms with Gasteiger partial charge in [-0.25, -0.2) is 0 Å². The third kappa shape index (κ3) is 3.07. The van der Waals surface area contributed by atoms with Crippen LogP contribution in [0.25, 0.3) is 11.1 Å². The van der Waals surface area contributed by atoms with Crippen molar-refractivity contribution in [2.75, 3.05) is 0 Å². The van der Waals surface area contributed by atoms with Gasteiger partial charge < -0.3 is 5.11 Å². The second-order valence-corrected chi connectivity index (χ2v) is 5.77. The van der Waals surface area contributed by atoms with Gasteiger partial charge in [0.25, 0.3) is 0 Å². The first kappa shape index (κ1) is 14.1. The molecule has 0 spiro atoms. The second-order valence-electron chi connectivity index (χ2n) is 4.91. The Balaban J connectivity index is 1.89. The van der Waals surface area contributed by atoms with E-state index in [1.165, 1.54) is 5.56 Å². The van der Waals surface area contributed by atoms with Crippen LogP contribution in [0, 0.1) is 0 Å². The topological polar surface area (TPSA) is 20.2 Å². The maximum absolute atomic E-state index is 10.5. The van der Waals surface area contributed by atoms with E-state index in [1.54, 1.807) is 0 Å². The molecule has 0 aliphatic rings. The van der Waals surface area contributed by atoms with E-state index in [4.69, 9.17) is 0 Å². The van der Waals surface area contributed by atoms with Gasteiger partial charge in [-0.3, -0.25) is 0 Å².